The number of hydrogen-bond donors (Lipinski definition) is 1. The molecule has 2 nitrogen and oxygen atoms in total. The van der Waals surface area contributed by atoms with E-state index in [0.717, 1.165) is 12.8 Å². The van der Waals surface area contributed by atoms with Gasteiger partial charge in [-0.3, -0.25) is 0 Å². The Labute approximate surface area is 96.0 Å². The van der Waals surface area contributed by atoms with Crippen molar-refractivity contribution in [2.75, 3.05) is 11.9 Å². The summed E-state index contributed by atoms with van der Waals surface area (Å²) < 4.78 is 51.7. The highest BCUT2D eigenvalue weighted by Gasteiger charge is 2.22. The fourth-order valence-electron chi connectivity index (χ4n) is 1.65. The molecule has 1 aromatic rings. The molecule has 0 bridgehead atoms. The molecule has 0 radical (unpaired) electrons. The van der Waals surface area contributed by atoms with E-state index in [4.69, 9.17) is 0 Å². The van der Waals surface area contributed by atoms with Crippen LogP contribution in [0.4, 0.5) is 23.2 Å². The normalized spacial score (nSPS) is 15.1. The molecule has 0 unspecified atom stereocenters. The molecule has 0 spiro atoms. The number of hydrogen-bond acceptors (Lipinski definition) is 2. The van der Waals surface area contributed by atoms with Gasteiger partial charge in [0.1, 0.15) is 5.69 Å². The maximum absolute atomic E-state index is 13.1. The van der Waals surface area contributed by atoms with Crippen LogP contribution in [0.2, 0.25) is 0 Å². The average Bonchev–Trinajstić information content (AvgIpc) is 3.09. The van der Waals surface area contributed by atoms with E-state index in [1.807, 2.05) is 0 Å². The molecule has 1 saturated carbocycles. The van der Waals surface area contributed by atoms with E-state index in [1.165, 1.54) is 12.8 Å². The number of rotatable bonds is 5. The number of aromatic nitrogens is 1. The lowest BCUT2D eigenvalue weighted by molar-refractivity contribution is 0.410. The third-order valence-electron chi connectivity index (χ3n) is 2.79. The van der Waals surface area contributed by atoms with E-state index in [2.05, 4.69) is 10.3 Å². The molecule has 0 aliphatic heterocycles. The van der Waals surface area contributed by atoms with E-state index in [-0.39, 0.29) is 6.54 Å². The molecule has 0 amide bonds. The number of pyridine rings is 1. The standard InChI is InChI=1S/C11H12F4N2/c12-7-9(8(13)11(15)17-10(7)14)16-5-1-2-6-3-4-6/h6H,1-5H2,(H,16,17). The SMILES string of the molecule is Fc1nc(F)c(F)c(NCCCC2CC2)c1F. The van der Waals surface area contributed by atoms with E-state index in [9.17, 15) is 17.6 Å². The van der Waals surface area contributed by atoms with Crippen molar-refractivity contribution in [1.29, 1.82) is 0 Å². The monoisotopic (exact) mass is 248 g/mol. The van der Waals surface area contributed by atoms with Crippen molar-refractivity contribution in [2.45, 2.75) is 25.7 Å². The van der Waals surface area contributed by atoms with Gasteiger partial charge in [0.15, 0.2) is 0 Å². The molecule has 17 heavy (non-hydrogen) atoms. The van der Waals surface area contributed by atoms with Gasteiger partial charge < -0.3 is 5.32 Å². The van der Waals surface area contributed by atoms with Crippen molar-refractivity contribution in [3.63, 3.8) is 0 Å². The third-order valence-corrected chi connectivity index (χ3v) is 2.79. The molecule has 6 heteroatoms. The van der Waals surface area contributed by atoms with E-state index >= 15 is 0 Å². The van der Waals surface area contributed by atoms with Crippen LogP contribution in [-0.2, 0) is 0 Å². The maximum atomic E-state index is 13.1. The highest BCUT2D eigenvalue weighted by molar-refractivity contribution is 5.45. The minimum Gasteiger partial charge on any atom is -0.380 e. The molecule has 0 atom stereocenters. The van der Waals surface area contributed by atoms with Crippen LogP contribution in [0.1, 0.15) is 25.7 Å². The van der Waals surface area contributed by atoms with Crippen LogP contribution in [0.3, 0.4) is 0 Å². The molecule has 94 valence electrons. The predicted octanol–water partition coefficient (Wildman–Crippen LogP) is 3.24. The smallest absolute Gasteiger partial charge is 0.253 e. The van der Waals surface area contributed by atoms with Crippen molar-refractivity contribution in [2.24, 2.45) is 5.92 Å². The number of halogens is 4. The van der Waals surface area contributed by atoms with E-state index < -0.39 is 29.2 Å². The minimum atomic E-state index is -1.63. The van der Waals surface area contributed by atoms with Gasteiger partial charge in [-0.1, -0.05) is 12.8 Å². The lowest BCUT2D eigenvalue weighted by atomic mass is 10.2. The van der Waals surface area contributed by atoms with E-state index in [1.54, 1.807) is 0 Å². The van der Waals surface area contributed by atoms with Crippen LogP contribution in [0.25, 0.3) is 0 Å². The number of nitrogens with zero attached hydrogens (tertiary/aromatic N) is 1. The molecule has 1 aliphatic carbocycles. The first-order chi connectivity index (χ1) is 8.09. The molecule has 2 rings (SSSR count). The molecule has 0 saturated heterocycles. The molecule has 1 aromatic heterocycles. The van der Waals surface area contributed by atoms with Gasteiger partial charge in [0, 0.05) is 6.54 Å². The highest BCUT2D eigenvalue weighted by atomic mass is 19.2. The van der Waals surface area contributed by atoms with Gasteiger partial charge in [0.05, 0.1) is 0 Å². The lowest BCUT2D eigenvalue weighted by Crippen LogP contribution is -2.10. The van der Waals surface area contributed by atoms with Crippen LogP contribution >= 0.6 is 0 Å². The first-order valence-electron chi connectivity index (χ1n) is 5.53. The van der Waals surface area contributed by atoms with Crippen LogP contribution in [0, 0.1) is 29.4 Å². The Morgan fingerprint density at radius 1 is 1.06 bits per heavy atom. The van der Waals surface area contributed by atoms with Crippen LogP contribution in [0.15, 0.2) is 0 Å². The predicted molar refractivity (Wildman–Crippen MR) is 54.5 cm³/mol. The van der Waals surface area contributed by atoms with Crippen LogP contribution < -0.4 is 5.32 Å². The zero-order chi connectivity index (χ0) is 12.4. The fourth-order valence-corrected chi connectivity index (χ4v) is 1.65. The summed E-state index contributed by atoms with van der Waals surface area (Å²) >= 11 is 0. The first kappa shape index (κ1) is 12.1. The molecule has 1 heterocycles. The second-order valence-electron chi connectivity index (χ2n) is 4.21. The molecule has 1 aliphatic rings. The first-order valence-corrected chi connectivity index (χ1v) is 5.53. The fraction of sp³-hybridized carbons (Fsp3) is 0.545. The van der Waals surface area contributed by atoms with E-state index in [0.29, 0.717) is 5.92 Å². The molecule has 1 fully saturated rings. The van der Waals surface area contributed by atoms with Gasteiger partial charge in [0.25, 0.3) is 11.9 Å². The number of nitrogens with one attached hydrogen (secondary N) is 1. The molecular formula is C11H12F4N2. The lowest BCUT2D eigenvalue weighted by Gasteiger charge is -2.08. The minimum absolute atomic E-state index is 0.285. The molecule has 0 aromatic carbocycles. The maximum Gasteiger partial charge on any atom is 0.253 e. The van der Waals surface area contributed by atoms with Crippen LogP contribution in [0.5, 0.6) is 0 Å². The zero-order valence-electron chi connectivity index (χ0n) is 9.07. The van der Waals surface area contributed by atoms with Gasteiger partial charge in [0.2, 0.25) is 11.6 Å². The van der Waals surface area contributed by atoms with Crippen molar-refractivity contribution >= 4 is 5.69 Å². The van der Waals surface area contributed by atoms with Gasteiger partial charge in [-0.15, -0.1) is 0 Å². The summed E-state index contributed by atoms with van der Waals surface area (Å²) in [5.41, 5.74) is -0.772. The van der Waals surface area contributed by atoms with Crippen molar-refractivity contribution < 1.29 is 17.6 Å². The summed E-state index contributed by atoms with van der Waals surface area (Å²) in [5, 5.41) is 2.38. The Morgan fingerprint density at radius 2 is 1.65 bits per heavy atom. The Balaban J connectivity index is 1.97. The second-order valence-corrected chi connectivity index (χ2v) is 4.21. The molecular weight excluding hydrogens is 236 g/mol. The zero-order valence-corrected chi connectivity index (χ0v) is 9.07. The second kappa shape index (κ2) is 4.89. The van der Waals surface area contributed by atoms with Gasteiger partial charge >= 0.3 is 0 Å². The topological polar surface area (TPSA) is 24.9 Å². The third kappa shape index (κ3) is 2.87. The van der Waals surface area contributed by atoms with Gasteiger partial charge in [-0.05, 0) is 18.8 Å². The Morgan fingerprint density at radius 3 is 2.18 bits per heavy atom. The van der Waals surface area contributed by atoms with Gasteiger partial charge in [-0.25, -0.2) is 0 Å². The van der Waals surface area contributed by atoms with Crippen LogP contribution in [-0.4, -0.2) is 11.5 Å². The van der Waals surface area contributed by atoms with Crippen molar-refractivity contribution in [3.8, 4) is 0 Å². The summed E-state index contributed by atoms with van der Waals surface area (Å²) in [6.45, 7) is 0.285. The largest absolute Gasteiger partial charge is 0.380 e. The van der Waals surface area contributed by atoms with Crippen molar-refractivity contribution in [3.05, 3.63) is 23.5 Å². The Bertz CT molecular complexity index is 392. The summed E-state index contributed by atoms with van der Waals surface area (Å²) in [6.07, 6.45) is 4.07. The summed E-state index contributed by atoms with van der Waals surface area (Å²) in [6, 6.07) is 0. The number of anilines is 1. The van der Waals surface area contributed by atoms with Crippen molar-refractivity contribution in [1.82, 2.24) is 4.98 Å². The summed E-state index contributed by atoms with van der Waals surface area (Å²) in [5.74, 6) is -5.51. The van der Waals surface area contributed by atoms with Gasteiger partial charge in [-0.2, -0.15) is 22.5 Å². The highest BCUT2D eigenvalue weighted by Crippen LogP contribution is 2.33. The summed E-state index contributed by atoms with van der Waals surface area (Å²) in [7, 11) is 0. The molecule has 1 N–H and O–H groups in total. The Kier molecular flexibility index (Phi) is 3.49. The summed E-state index contributed by atoms with van der Waals surface area (Å²) in [4.78, 5) is 2.48. The Hall–Kier alpha value is -1.33. The average molecular weight is 248 g/mol. The quantitative estimate of drug-likeness (QED) is 0.491.